The Bertz CT molecular complexity index is 1240. The lowest BCUT2D eigenvalue weighted by atomic mass is 9.72. The second-order valence-electron chi connectivity index (χ2n) is 8.38. The number of aryl methyl sites for hydroxylation is 1. The van der Waals surface area contributed by atoms with Gasteiger partial charge in [-0.2, -0.15) is 0 Å². The van der Waals surface area contributed by atoms with Crippen molar-refractivity contribution < 1.29 is 23.5 Å². The zero-order chi connectivity index (χ0) is 23.1. The Morgan fingerprint density at radius 3 is 2.36 bits per heavy atom. The van der Waals surface area contributed by atoms with Gasteiger partial charge in [-0.05, 0) is 54.7 Å². The molecule has 0 spiro atoms. The van der Waals surface area contributed by atoms with Crippen molar-refractivity contribution in [3.8, 4) is 17.2 Å². The molecule has 0 saturated heterocycles. The van der Waals surface area contributed by atoms with Crippen molar-refractivity contribution in [1.29, 1.82) is 0 Å². The molecule has 3 aromatic rings. The number of methoxy groups -OCH3 is 3. The van der Waals surface area contributed by atoms with Gasteiger partial charge < -0.3 is 24.1 Å². The molecule has 0 bridgehead atoms. The van der Waals surface area contributed by atoms with Gasteiger partial charge in [0.15, 0.2) is 17.3 Å². The number of aromatic nitrogens is 1. The van der Waals surface area contributed by atoms with Crippen LogP contribution >= 0.6 is 0 Å². The van der Waals surface area contributed by atoms with Gasteiger partial charge in [0, 0.05) is 23.6 Å². The van der Waals surface area contributed by atoms with Gasteiger partial charge in [0.1, 0.15) is 5.75 Å². The number of nitrogens with one attached hydrogen (secondary N) is 1. The van der Waals surface area contributed by atoms with Gasteiger partial charge in [-0.25, -0.2) is 0 Å². The van der Waals surface area contributed by atoms with E-state index < -0.39 is 0 Å². The van der Waals surface area contributed by atoms with E-state index in [9.17, 15) is 4.79 Å². The highest BCUT2D eigenvalue weighted by atomic mass is 16.5. The molecule has 0 amide bonds. The predicted molar refractivity (Wildman–Crippen MR) is 123 cm³/mol. The second kappa shape index (κ2) is 8.31. The standard InChI is InChI=1S/C26H26N2O5/c1-14-23-24(15-5-8-18(30-2)9-6-15)25-19(27-26(23)33-28-14)11-17(12-20(25)29)16-7-10-21(31-3)22(13-16)32-4/h5-10,13,17,24,27H,11-12H2,1-4H3. The molecule has 2 unspecified atom stereocenters. The van der Waals surface area contributed by atoms with Crippen LogP contribution in [0.3, 0.4) is 0 Å². The number of ketones is 1. The minimum absolute atomic E-state index is 0.0191. The number of hydrogen-bond acceptors (Lipinski definition) is 7. The van der Waals surface area contributed by atoms with Gasteiger partial charge in [-0.1, -0.05) is 23.4 Å². The summed E-state index contributed by atoms with van der Waals surface area (Å²) in [6.07, 6.45) is 1.10. The third kappa shape index (κ3) is 3.53. The first-order valence-corrected chi connectivity index (χ1v) is 10.9. The van der Waals surface area contributed by atoms with Gasteiger partial charge in [0.25, 0.3) is 0 Å². The van der Waals surface area contributed by atoms with Crippen LogP contribution in [0.25, 0.3) is 0 Å². The van der Waals surface area contributed by atoms with E-state index in [-0.39, 0.29) is 17.6 Å². The van der Waals surface area contributed by atoms with E-state index in [2.05, 4.69) is 10.5 Å². The van der Waals surface area contributed by atoms with E-state index in [1.165, 1.54) is 0 Å². The van der Waals surface area contributed by atoms with Crippen LogP contribution in [0.5, 0.6) is 17.2 Å². The number of fused-ring (bicyclic) bond motifs is 1. The molecular formula is C26H26N2O5. The second-order valence-corrected chi connectivity index (χ2v) is 8.38. The fourth-order valence-corrected chi connectivity index (χ4v) is 4.94. The number of benzene rings is 2. The van der Waals surface area contributed by atoms with Crippen LogP contribution < -0.4 is 19.5 Å². The molecule has 2 aliphatic rings. The third-order valence-electron chi connectivity index (χ3n) is 6.59. The van der Waals surface area contributed by atoms with E-state index in [0.29, 0.717) is 30.2 Å². The average molecular weight is 447 g/mol. The number of Topliss-reactive ketones (excluding diaryl/α,β-unsaturated/α-hetero) is 1. The molecule has 1 aliphatic carbocycles. The molecule has 0 radical (unpaired) electrons. The number of anilines is 1. The summed E-state index contributed by atoms with van der Waals surface area (Å²) in [4.78, 5) is 13.6. The van der Waals surface area contributed by atoms with Crippen LogP contribution in [-0.2, 0) is 4.79 Å². The Balaban J connectivity index is 1.56. The summed E-state index contributed by atoms with van der Waals surface area (Å²) < 4.78 is 21.8. The van der Waals surface area contributed by atoms with Gasteiger partial charge in [-0.3, -0.25) is 4.79 Å². The molecule has 33 heavy (non-hydrogen) atoms. The smallest absolute Gasteiger partial charge is 0.233 e. The number of ether oxygens (including phenoxy) is 3. The first kappa shape index (κ1) is 21.1. The number of rotatable bonds is 5. The first-order valence-electron chi connectivity index (χ1n) is 10.9. The quantitative estimate of drug-likeness (QED) is 0.593. The lowest BCUT2D eigenvalue weighted by Gasteiger charge is -2.34. The largest absolute Gasteiger partial charge is 0.497 e. The molecule has 1 N–H and O–H groups in total. The van der Waals surface area contributed by atoms with Crippen molar-refractivity contribution in [3.63, 3.8) is 0 Å². The van der Waals surface area contributed by atoms with Crippen LogP contribution in [-0.4, -0.2) is 32.3 Å². The highest BCUT2D eigenvalue weighted by molar-refractivity contribution is 6.01. The van der Waals surface area contributed by atoms with E-state index in [0.717, 1.165) is 39.4 Å². The molecule has 2 heterocycles. The van der Waals surface area contributed by atoms with Crippen molar-refractivity contribution in [3.05, 3.63) is 76.1 Å². The van der Waals surface area contributed by atoms with Gasteiger partial charge in [0.05, 0.1) is 32.6 Å². The maximum Gasteiger partial charge on any atom is 0.233 e. The molecule has 2 atom stereocenters. The van der Waals surface area contributed by atoms with Gasteiger partial charge >= 0.3 is 0 Å². The molecule has 1 aromatic heterocycles. The number of hydrogen-bond donors (Lipinski definition) is 1. The summed E-state index contributed by atoms with van der Waals surface area (Å²) in [5, 5.41) is 7.55. The van der Waals surface area contributed by atoms with Crippen molar-refractivity contribution in [2.45, 2.75) is 31.6 Å². The topological polar surface area (TPSA) is 82.8 Å². The summed E-state index contributed by atoms with van der Waals surface area (Å²) in [6, 6.07) is 13.7. The zero-order valence-electron chi connectivity index (χ0n) is 19.1. The summed E-state index contributed by atoms with van der Waals surface area (Å²) in [5.74, 6) is 2.61. The number of allylic oxidation sites excluding steroid dienone is 2. The highest BCUT2D eigenvalue weighted by Crippen LogP contribution is 2.49. The number of carbonyl (C=O) groups is 1. The number of nitrogens with zero attached hydrogens (tertiary/aromatic N) is 1. The Morgan fingerprint density at radius 2 is 1.67 bits per heavy atom. The molecular weight excluding hydrogens is 420 g/mol. The Labute approximate surface area is 192 Å². The maximum atomic E-state index is 13.6. The van der Waals surface area contributed by atoms with E-state index in [1.54, 1.807) is 21.3 Å². The lowest BCUT2D eigenvalue weighted by Crippen LogP contribution is -2.29. The molecule has 5 rings (SSSR count). The molecule has 7 nitrogen and oxygen atoms in total. The van der Waals surface area contributed by atoms with E-state index in [1.807, 2.05) is 49.4 Å². The number of carbonyl (C=O) groups excluding carboxylic acids is 1. The lowest BCUT2D eigenvalue weighted by molar-refractivity contribution is -0.116. The molecule has 0 fully saturated rings. The normalized spacial score (nSPS) is 19.5. The molecule has 170 valence electrons. The first-order chi connectivity index (χ1) is 16.0. The maximum absolute atomic E-state index is 13.6. The summed E-state index contributed by atoms with van der Waals surface area (Å²) >= 11 is 0. The summed E-state index contributed by atoms with van der Waals surface area (Å²) in [6.45, 7) is 1.91. The van der Waals surface area contributed by atoms with Crippen molar-refractivity contribution in [2.24, 2.45) is 0 Å². The fourth-order valence-electron chi connectivity index (χ4n) is 4.94. The van der Waals surface area contributed by atoms with Crippen LogP contribution in [0.15, 0.2) is 58.3 Å². The van der Waals surface area contributed by atoms with Crippen LogP contribution in [0.4, 0.5) is 5.88 Å². The van der Waals surface area contributed by atoms with E-state index in [4.69, 9.17) is 18.7 Å². The highest BCUT2D eigenvalue weighted by Gasteiger charge is 2.41. The third-order valence-corrected chi connectivity index (χ3v) is 6.59. The molecule has 2 aromatic carbocycles. The van der Waals surface area contributed by atoms with Crippen molar-refractivity contribution in [1.82, 2.24) is 5.16 Å². The summed E-state index contributed by atoms with van der Waals surface area (Å²) in [5.41, 5.74) is 5.41. The Kier molecular flexibility index (Phi) is 5.32. The zero-order valence-corrected chi connectivity index (χ0v) is 19.1. The minimum atomic E-state index is -0.229. The van der Waals surface area contributed by atoms with Gasteiger partial charge in [0.2, 0.25) is 5.88 Å². The van der Waals surface area contributed by atoms with E-state index >= 15 is 0 Å². The molecule has 1 aliphatic heterocycles. The van der Waals surface area contributed by atoms with Gasteiger partial charge in [-0.15, -0.1) is 0 Å². The molecule has 7 heteroatoms. The Hall–Kier alpha value is -3.74. The predicted octanol–water partition coefficient (Wildman–Crippen LogP) is 4.97. The van der Waals surface area contributed by atoms with Crippen LogP contribution in [0.2, 0.25) is 0 Å². The minimum Gasteiger partial charge on any atom is -0.497 e. The van der Waals surface area contributed by atoms with Crippen LogP contribution in [0.1, 0.15) is 47.1 Å². The van der Waals surface area contributed by atoms with Crippen LogP contribution in [0, 0.1) is 6.92 Å². The SMILES string of the molecule is COc1ccc(C2C3=C(CC(c4ccc(OC)c(OC)c4)CC3=O)Nc3onc(C)c32)cc1. The Morgan fingerprint density at radius 1 is 0.939 bits per heavy atom. The van der Waals surface area contributed by atoms with Crippen molar-refractivity contribution >= 4 is 11.7 Å². The molecule has 0 saturated carbocycles. The monoisotopic (exact) mass is 446 g/mol. The van der Waals surface area contributed by atoms with Crippen molar-refractivity contribution in [2.75, 3.05) is 26.6 Å². The average Bonchev–Trinajstić information content (AvgIpc) is 3.22. The fraction of sp³-hybridized carbons (Fsp3) is 0.308. The summed E-state index contributed by atoms with van der Waals surface area (Å²) in [7, 11) is 4.87.